The Morgan fingerprint density at radius 1 is 0.852 bits per heavy atom. The first-order valence-electron chi connectivity index (χ1n) is 10.0. The van der Waals surface area contributed by atoms with Crippen LogP contribution < -0.4 is 11.4 Å². The molecule has 2 spiro atoms. The standard InChI is InChI=1S/C20H19N3O3S/c24-17-21(10-4-2-1-3-5-10)18(25)23-16-13-11-12(13)15(22(17)23)19-6-8-27(26)9-7-20(16,19)14(11)19/h1-5,11-16H,6-9H2/t11?,12-,13+,14?,15-,16-,19+,20+,27?/m0/s1. The molecule has 0 N–H and O–H groups in total. The molecule has 9 rings (SSSR count). The van der Waals surface area contributed by atoms with Gasteiger partial charge in [-0.05, 0) is 48.6 Å². The number of nitrogens with zero attached hydrogens (tertiary/aromatic N) is 3. The zero-order valence-corrected chi connectivity index (χ0v) is 15.5. The summed E-state index contributed by atoms with van der Waals surface area (Å²) >= 11 is 0. The van der Waals surface area contributed by atoms with Crippen molar-refractivity contribution in [2.24, 2.45) is 34.5 Å². The molecule has 4 heterocycles. The summed E-state index contributed by atoms with van der Waals surface area (Å²) in [6.07, 6.45) is 1.95. The maximum Gasteiger partial charge on any atom is 0.352 e. The lowest BCUT2D eigenvalue weighted by Gasteiger charge is -2.47. The molecular weight excluding hydrogens is 362 g/mol. The first-order valence-corrected chi connectivity index (χ1v) is 11.5. The predicted octanol–water partition coefficient (Wildman–Crippen LogP) is 0.931. The molecule has 7 heteroatoms. The highest BCUT2D eigenvalue weighted by Crippen LogP contribution is 3.03. The quantitative estimate of drug-likeness (QED) is 0.738. The second-order valence-corrected chi connectivity index (χ2v) is 11.1. The molecule has 4 saturated carbocycles. The van der Waals surface area contributed by atoms with E-state index in [2.05, 4.69) is 0 Å². The van der Waals surface area contributed by atoms with E-state index in [1.54, 1.807) is 0 Å². The Hall–Kier alpha value is -1.89. The van der Waals surface area contributed by atoms with Crippen LogP contribution in [0.5, 0.6) is 0 Å². The Morgan fingerprint density at radius 2 is 1.41 bits per heavy atom. The number of para-hydroxylation sites is 1. The summed E-state index contributed by atoms with van der Waals surface area (Å²) in [5.74, 6) is 4.08. The Balaban J connectivity index is 1.43. The van der Waals surface area contributed by atoms with Gasteiger partial charge in [-0.1, -0.05) is 18.2 Å². The van der Waals surface area contributed by atoms with Gasteiger partial charge in [0.25, 0.3) is 0 Å². The van der Waals surface area contributed by atoms with E-state index < -0.39 is 10.8 Å². The van der Waals surface area contributed by atoms with Crippen LogP contribution in [0.1, 0.15) is 24.9 Å². The SMILES string of the molecule is O=c1n(-c2ccccc2)c(=O)n2n1[C@H]1[C@@H]3C4C5[C@]16CCS(=O)CC[C@]56[C@@H]2[C@@H]43. The highest BCUT2D eigenvalue weighted by atomic mass is 32.2. The molecule has 4 aliphatic carbocycles. The van der Waals surface area contributed by atoms with E-state index in [0.717, 1.165) is 24.3 Å². The van der Waals surface area contributed by atoms with Crippen molar-refractivity contribution in [3.8, 4) is 5.69 Å². The van der Waals surface area contributed by atoms with Crippen molar-refractivity contribution >= 4 is 10.8 Å². The molecule has 7 aliphatic rings. The third-order valence-corrected chi connectivity index (χ3v) is 10.6. The molecule has 27 heavy (non-hydrogen) atoms. The summed E-state index contributed by atoms with van der Waals surface area (Å²) in [6.45, 7) is 0. The minimum absolute atomic E-state index is 0.146. The highest BCUT2D eigenvalue weighted by molar-refractivity contribution is 7.84. The first-order chi connectivity index (χ1) is 13.1. The summed E-state index contributed by atoms with van der Waals surface area (Å²) < 4.78 is 17.4. The number of hydrogen-bond acceptors (Lipinski definition) is 3. The largest absolute Gasteiger partial charge is 0.352 e. The van der Waals surface area contributed by atoms with Crippen LogP contribution in [0, 0.1) is 34.5 Å². The average Bonchev–Trinajstić information content (AvgIpc) is 3.45. The molecule has 3 unspecified atom stereocenters. The first kappa shape index (κ1) is 14.2. The van der Waals surface area contributed by atoms with Gasteiger partial charge >= 0.3 is 11.4 Å². The second kappa shape index (κ2) is 3.81. The number of hydrogen-bond donors (Lipinski definition) is 0. The number of aromatic nitrogens is 3. The van der Waals surface area contributed by atoms with Crippen LogP contribution in [0.2, 0.25) is 0 Å². The Bertz CT molecular complexity index is 1140. The number of rotatable bonds is 1. The topological polar surface area (TPSA) is 66.0 Å². The van der Waals surface area contributed by atoms with E-state index in [1.807, 2.05) is 39.7 Å². The fourth-order valence-corrected chi connectivity index (χ4v) is 10.3. The lowest BCUT2D eigenvalue weighted by molar-refractivity contribution is -0.00192. The summed E-state index contributed by atoms with van der Waals surface area (Å²) in [5, 5.41) is 0. The van der Waals surface area contributed by atoms with E-state index in [9.17, 15) is 13.8 Å². The van der Waals surface area contributed by atoms with Gasteiger partial charge in [-0.25, -0.2) is 23.5 Å². The lowest BCUT2D eigenvalue weighted by Crippen LogP contribution is -2.52. The molecule has 1 aromatic carbocycles. The zero-order valence-electron chi connectivity index (χ0n) is 14.7. The number of benzene rings is 1. The van der Waals surface area contributed by atoms with Gasteiger partial charge in [0.15, 0.2) is 0 Å². The molecule has 138 valence electrons. The van der Waals surface area contributed by atoms with Gasteiger partial charge in [0.05, 0.1) is 17.8 Å². The minimum Gasteiger partial charge on any atom is -0.260 e. The molecule has 3 aliphatic heterocycles. The van der Waals surface area contributed by atoms with Crippen molar-refractivity contribution in [1.29, 1.82) is 0 Å². The molecule has 6 nitrogen and oxygen atoms in total. The van der Waals surface area contributed by atoms with Crippen LogP contribution in [0.15, 0.2) is 39.9 Å². The Kier molecular flexibility index (Phi) is 2.00. The smallest absolute Gasteiger partial charge is 0.260 e. The molecule has 0 radical (unpaired) electrons. The second-order valence-electron chi connectivity index (χ2n) is 9.45. The van der Waals surface area contributed by atoms with E-state index in [4.69, 9.17) is 0 Å². The van der Waals surface area contributed by atoms with Crippen LogP contribution in [0.3, 0.4) is 0 Å². The fourth-order valence-electron chi connectivity index (χ4n) is 8.93. The Morgan fingerprint density at radius 3 is 1.96 bits per heavy atom. The third-order valence-electron chi connectivity index (χ3n) is 9.29. The maximum atomic E-state index is 13.4. The molecule has 1 aromatic heterocycles. The lowest BCUT2D eigenvalue weighted by atomic mass is 9.69. The van der Waals surface area contributed by atoms with Crippen molar-refractivity contribution in [1.82, 2.24) is 13.9 Å². The molecule has 1 saturated heterocycles. The van der Waals surface area contributed by atoms with Crippen LogP contribution in [0.25, 0.3) is 5.69 Å². The van der Waals surface area contributed by atoms with E-state index in [0.29, 0.717) is 29.4 Å². The zero-order chi connectivity index (χ0) is 17.9. The van der Waals surface area contributed by atoms with Gasteiger partial charge in [0.1, 0.15) is 0 Å². The van der Waals surface area contributed by atoms with Crippen LogP contribution >= 0.6 is 0 Å². The van der Waals surface area contributed by atoms with Crippen molar-refractivity contribution < 1.29 is 4.21 Å². The van der Waals surface area contributed by atoms with Gasteiger partial charge in [-0.3, -0.25) is 4.21 Å². The molecule has 2 aromatic rings. The fraction of sp³-hybridized carbons (Fsp3) is 0.600. The van der Waals surface area contributed by atoms with Gasteiger partial charge in [-0.2, -0.15) is 0 Å². The average molecular weight is 381 g/mol. The normalized spacial score (nSPS) is 51.5. The van der Waals surface area contributed by atoms with Gasteiger partial charge in [-0.15, -0.1) is 0 Å². The van der Waals surface area contributed by atoms with Crippen LogP contribution in [-0.4, -0.2) is 29.6 Å². The van der Waals surface area contributed by atoms with E-state index in [1.165, 1.54) is 4.57 Å². The van der Waals surface area contributed by atoms with E-state index >= 15 is 0 Å². The highest BCUT2D eigenvalue weighted by Gasteiger charge is 3.02. The minimum atomic E-state index is -0.742. The van der Waals surface area contributed by atoms with Crippen molar-refractivity contribution in [2.75, 3.05) is 11.5 Å². The monoisotopic (exact) mass is 381 g/mol. The van der Waals surface area contributed by atoms with Crippen LogP contribution in [-0.2, 0) is 10.8 Å². The van der Waals surface area contributed by atoms with Crippen molar-refractivity contribution in [2.45, 2.75) is 24.9 Å². The van der Waals surface area contributed by atoms with Gasteiger partial charge in [0, 0.05) is 33.1 Å². The summed E-state index contributed by atoms with van der Waals surface area (Å²) in [5.41, 5.74) is 0.602. The van der Waals surface area contributed by atoms with Crippen molar-refractivity contribution in [3.63, 3.8) is 0 Å². The Labute approximate surface area is 157 Å². The predicted molar refractivity (Wildman–Crippen MR) is 98.3 cm³/mol. The molecular formula is C20H19N3O3S. The van der Waals surface area contributed by atoms with Gasteiger partial charge in [0.2, 0.25) is 0 Å². The summed E-state index contributed by atoms with van der Waals surface area (Å²) in [6, 6.07) is 9.62. The molecule has 9 atom stereocenters. The molecule has 2 bridgehead atoms. The molecule has 0 amide bonds. The molecule has 5 fully saturated rings. The summed E-state index contributed by atoms with van der Waals surface area (Å²) in [4.78, 5) is 26.9. The van der Waals surface area contributed by atoms with Crippen LogP contribution in [0.4, 0.5) is 0 Å². The third kappa shape index (κ3) is 1.11. The van der Waals surface area contributed by atoms with Gasteiger partial charge < -0.3 is 0 Å². The van der Waals surface area contributed by atoms with E-state index in [-0.39, 0.29) is 34.3 Å². The summed E-state index contributed by atoms with van der Waals surface area (Å²) in [7, 11) is -0.742. The van der Waals surface area contributed by atoms with Crippen molar-refractivity contribution in [3.05, 3.63) is 51.3 Å². The maximum absolute atomic E-state index is 13.4.